The number of aliphatic hydroxyl groups is 1. The van der Waals surface area contributed by atoms with E-state index in [0.29, 0.717) is 6.54 Å². The molecular weight excluding hydrogens is 268 g/mol. The summed E-state index contributed by atoms with van der Waals surface area (Å²) in [7, 11) is 1.61. The molecule has 0 spiro atoms. The Hall–Kier alpha value is -1.75. The number of hydrogen-bond donors (Lipinski definition) is 2. The molecule has 21 heavy (non-hydrogen) atoms. The second-order valence-corrected chi connectivity index (χ2v) is 5.54. The van der Waals surface area contributed by atoms with E-state index in [9.17, 15) is 9.90 Å². The van der Waals surface area contributed by atoms with E-state index in [1.807, 2.05) is 29.2 Å². The highest BCUT2D eigenvalue weighted by Gasteiger charge is 2.26. The fraction of sp³-hybridized carbons (Fsp3) is 0.562. The summed E-state index contributed by atoms with van der Waals surface area (Å²) in [6.07, 6.45) is 1.58. The van der Waals surface area contributed by atoms with Crippen LogP contribution in [0, 0.1) is 5.92 Å². The maximum absolute atomic E-state index is 12.3. The predicted octanol–water partition coefficient (Wildman–Crippen LogP) is 1.73. The quantitative estimate of drug-likeness (QED) is 0.867. The Morgan fingerprint density at radius 3 is 3.00 bits per heavy atom. The summed E-state index contributed by atoms with van der Waals surface area (Å²) in [6.45, 7) is 3.46. The molecule has 2 N–H and O–H groups in total. The van der Waals surface area contributed by atoms with Crippen molar-refractivity contribution < 1.29 is 14.6 Å². The lowest BCUT2D eigenvalue weighted by molar-refractivity contribution is -0.131. The van der Waals surface area contributed by atoms with Gasteiger partial charge < -0.3 is 20.1 Å². The number of ether oxygens (including phenoxy) is 1. The third-order valence-electron chi connectivity index (χ3n) is 4.03. The molecular formula is C16H24N2O3. The van der Waals surface area contributed by atoms with Crippen molar-refractivity contribution in [3.63, 3.8) is 0 Å². The van der Waals surface area contributed by atoms with Gasteiger partial charge in [-0.15, -0.1) is 0 Å². The molecule has 0 radical (unpaired) electrons. The summed E-state index contributed by atoms with van der Waals surface area (Å²) in [4.78, 5) is 14.1. The van der Waals surface area contributed by atoms with Crippen molar-refractivity contribution in [1.82, 2.24) is 4.90 Å². The van der Waals surface area contributed by atoms with Gasteiger partial charge in [-0.1, -0.05) is 12.1 Å². The normalized spacial score (nSPS) is 20.0. The first-order valence-corrected chi connectivity index (χ1v) is 7.44. The highest BCUT2D eigenvalue weighted by molar-refractivity contribution is 5.81. The number of nitrogens with zero attached hydrogens (tertiary/aromatic N) is 1. The Labute approximate surface area is 125 Å². The molecule has 1 aromatic carbocycles. The molecule has 0 bridgehead atoms. The predicted molar refractivity (Wildman–Crippen MR) is 82.5 cm³/mol. The van der Waals surface area contributed by atoms with E-state index >= 15 is 0 Å². The molecule has 0 aromatic heterocycles. The second kappa shape index (κ2) is 7.31. The third kappa shape index (κ3) is 4.11. The zero-order valence-corrected chi connectivity index (χ0v) is 12.7. The minimum Gasteiger partial charge on any atom is -0.495 e. The average Bonchev–Trinajstić information content (AvgIpc) is 2.52. The van der Waals surface area contributed by atoms with Gasteiger partial charge in [0.05, 0.1) is 25.4 Å². The van der Waals surface area contributed by atoms with Crippen LogP contribution < -0.4 is 10.1 Å². The van der Waals surface area contributed by atoms with E-state index in [-0.39, 0.29) is 24.5 Å². The van der Waals surface area contributed by atoms with Crippen LogP contribution in [0.1, 0.15) is 19.8 Å². The number of benzene rings is 1. The number of carbonyl (C=O) groups excluding carboxylic acids is 1. The lowest BCUT2D eigenvalue weighted by atomic mass is 9.93. The van der Waals surface area contributed by atoms with E-state index in [1.165, 1.54) is 0 Å². The summed E-state index contributed by atoms with van der Waals surface area (Å²) >= 11 is 0. The summed E-state index contributed by atoms with van der Waals surface area (Å²) in [5.41, 5.74) is 0.817. The second-order valence-electron chi connectivity index (χ2n) is 5.54. The van der Waals surface area contributed by atoms with Gasteiger partial charge in [0, 0.05) is 19.0 Å². The van der Waals surface area contributed by atoms with Gasteiger partial charge in [-0.2, -0.15) is 0 Å². The van der Waals surface area contributed by atoms with Crippen molar-refractivity contribution in [3.8, 4) is 5.75 Å². The van der Waals surface area contributed by atoms with E-state index in [4.69, 9.17) is 4.74 Å². The maximum Gasteiger partial charge on any atom is 0.241 e. The molecule has 2 rings (SSSR count). The number of carbonyl (C=O) groups is 1. The van der Waals surface area contributed by atoms with Gasteiger partial charge in [0.15, 0.2) is 0 Å². The molecule has 0 saturated carbocycles. The number of aliphatic hydroxyl groups excluding tert-OH is 1. The van der Waals surface area contributed by atoms with Gasteiger partial charge in [-0.3, -0.25) is 4.79 Å². The van der Waals surface area contributed by atoms with Gasteiger partial charge in [0.25, 0.3) is 0 Å². The molecule has 1 aromatic rings. The lowest BCUT2D eigenvalue weighted by Gasteiger charge is -2.34. The van der Waals surface area contributed by atoms with Crippen molar-refractivity contribution in [2.75, 3.05) is 32.1 Å². The zero-order valence-electron chi connectivity index (χ0n) is 12.7. The number of hydrogen-bond acceptors (Lipinski definition) is 4. The Bertz CT molecular complexity index is 476. The summed E-state index contributed by atoms with van der Waals surface area (Å²) < 4.78 is 5.25. The monoisotopic (exact) mass is 292 g/mol. The van der Waals surface area contributed by atoms with Crippen LogP contribution >= 0.6 is 0 Å². The molecule has 116 valence electrons. The smallest absolute Gasteiger partial charge is 0.241 e. The van der Waals surface area contributed by atoms with E-state index in [2.05, 4.69) is 5.32 Å². The van der Waals surface area contributed by atoms with Crippen molar-refractivity contribution in [3.05, 3.63) is 24.3 Å². The van der Waals surface area contributed by atoms with Gasteiger partial charge >= 0.3 is 0 Å². The molecule has 1 heterocycles. The van der Waals surface area contributed by atoms with Crippen molar-refractivity contribution >= 4 is 11.6 Å². The highest BCUT2D eigenvalue weighted by atomic mass is 16.5. The molecule has 1 fully saturated rings. The van der Waals surface area contributed by atoms with Gasteiger partial charge in [0.2, 0.25) is 5.91 Å². The number of likely N-dealkylation sites (tertiary alicyclic amines) is 1. The number of amides is 1. The molecule has 1 aliphatic heterocycles. The van der Waals surface area contributed by atoms with Crippen LogP contribution in [0.3, 0.4) is 0 Å². The first-order chi connectivity index (χ1) is 10.1. The molecule has 1 saturated heterocycles. The zero-order chi connectivity index (χ0) is 15.2. The number of anilines is 1. The van der Waals surface area contributed by atoms with E-state index < -0.39 is 0 Å². The first kappa shape index (κ1) is 15.6. The maximum atomic E-state index is 12.3. The van der Waals surface area contributed by atoms with Crippen LogP contribution in [0.2, 0.25) is 0 Å². The van der Waals surface area contributed by atoms with Crippen LogP contribution in [0.15, 0.2) is 24.3 Å². The van der Waals surface area contributed by atoms with Gasteiger partial charge in [0.1, 0.15) is 5.75 Å². The number of methoxy groups -OCH3 is 1. The minimum absolute atomic E-state index is 0.0613. The number of para-hydroxylation sites is 2. The van der Waals surface area contributed by atoms with E-state index in [0.717, 1.165) is 30.8 Å². The lowest BCUT2D eigenvalue weighted by Crippen LogP contribution is -2.45. The standard InChI is InChI=1S/C16H24N2O3/c1-12(19)13-6-5-9-18(11-13)16(20)10-17-14-7-3-4-8-15(14)21-2/h3-4,7-8,12-13,17,19H,5-6,9-11H2,1-2H3. The topological polar surface area (TPSA) is 61.8 Å². The molecule has 5 nitrogen and oxygen atoms in total. The molecule has 5 heteroatoms. The van der Waals surface area contributed by atoms with Crippen molar-refractivity contribution in [2.45, 2.75) is 25.9 Å². The Kier molecular flexibility index (Phi) is 5.44. The van der Waals surface area contributed by atoms with Crippen LogP contribution in [0.5, 0.6) is 5.75 Å². The molecule has 2 unspecified atom stereocenters. The summed E-state index contributed by atoms with van der Waals surface area (Å²) in [5.74, 6) is 0.978. The Balaban J connectivity index is 1.89. The van der Waals surface area contributed by atoms with Gasteiger partial charge in [-0.05, 0) is 31.9 Å². The summed E-state index contributed by atoms with van der Waals surface area (Å²) in [5, 5.41) is 12.8. The highest BCUT2D eigenvalue weighted by Crippen LogP contribution is 2.23. The van der Waals surface area contributed by atoms with Crippen molar-refractivity contribution in [1.29, 1.82) is 0 Å². The fourth-order valence-corrected chi connectivity index (χ4v) is 2.70. The first-order valence-electron chi connectivity index (χ1n) is 7.44. The van der Waals surface area contributed by atoms with Gasteiger partial charge in [-0.25, -0.2) is 0 Å². The van der Waals surface area contributed by atoms with Crippen LogP contribution in [-0.4, -0.2) is 48.8 Å². The Morgan fingerprint density at radius 2 is 2.29 bits per heavy atom. The molecule has 2 atom stereocenters. The molecule has 1 amide bonds. The van der Waals surface area contributed by atoms with Crippen LogP contribution in [0.25, 0.3) is 0 Å². The Morgan fingerprint density at radius 1 is 1.52 bits per heavy atom. The minimum atomic E-state index is -0.359. The van der Waals surface area contributed by atoms with Crippen molar-refractivity contribution in [2.24, 2.45) is 5.92 Å². The fourth-order valence-electron chi connectivity index (χ4n) is 2.70. The largest absolute Gasteiger partial charge is 0.495 e. The van der Waals surface area contributed by atoms with Crippen LogP contribution in [-0.2, 0) is 4.79 Å². The third-order valence-corrected chi connectivity index (χ3v) is 4.03. The number of piperidine rings is 1. The average molecular weight is 292 g/mol. The van der Waals surface area contributed by atoms with E-state index in [1.54, 1.807) is 14.0 Å². The summed E-state index contributed by atoms with van der Waals surface area (Å²) in [6, 6.07) is 7.54. The SMILES string of the molecule is COc1ccccc1NCC(=O)N1CCCC(C(C)O)C1. The number of nitrogens with one attached hydrogen (secondary N) is 1. The van der Waals surface area contributed by atoms with Crippen LogP contribution in [0.4, 0.5) is 5.69 Å². The molecule has 1 aliphatic rings. The number of rotatable bonds is 5. The molecule has 0 aliphatic carbocycles.